The fourth-order valence-electron chi connectivity index (χ4n) is 1.33. The molecule has 0 aliphatic heterocycles. The van der Waals surface area contributed by atoms with Gasteiger partial charge in [-0.1, -0.05) is 15.9 Å². The van der Waals surface area contributed by atoms with Crippen molar-refractivity contribution in [3.8, 4) is 0 Å². The maximum atomic E-state index is 13.5. The molecule has 1 aromatic carbocycles. The minimum atomic E-state index is -3.65. The van der Waals surface area contributed by atoms with Crippen molar-refractivity contribution in [2.75, 3.05) is 12.3 Å². The van der Waals surface area contributed by atoms with Crippen LogP contribution in [-0.2, 0) is 10.0 Å². The molecule has 3 N–H and O–H groups in total. The second kappa shape index (κ2) is 5.77. The quantitative estimate of drug-likeness (QED) is 0.855. The third-order valence-electron chi connectivity index (χ3n) is 2.25. The number of benzene rings is 1. The van der Waals surface area contributed by atoms with E-state index in [4.69, 9.17) is 5.14 Å². The summed E-state index contributed by atoms with van der Waals surface area (Å²) < 4.78 is 35.5. The number of nitrogens with two attached hydrogens (primary N) is 1. The van der Waals surface area contributed by atoms with Gasteiger partial charge in [0.2, 0.25) is 10.0 Å². The van der Waals surface area contributed by atoms with E-state index in [1.54, 1.807) is 6.92 Å². The number of carbonyl (C=O) groups excluding carboxylic acids is 1. The molecule has 0 spiro atoms. The summed E-state index contributed by atoms with van der Waals surface area (Å²) >= 11 is 3.19. The Kier molecular flexibility index (Phi) is 4.83. The van der Waals surface area contributed by atoms with Crippen LogP contribution in [0, 0.1) is 12.7 Å². The second-order valence-corrected chi connectivity index (χ2v) is 6.24. The number of sulfonamides is 1. The molecule has 0 aromatic heterocycles. The van der Waals surface area contributed by atoms with Crippen LogP contribution in [0.1, 0.15) is 15.9 Å². The standard InChI is InChI=1S/C10H12BrFN2O3S/c1-6-7(11)2-3-8(12)9(6)10(15)14-4-5-18(13,16)17/h2-3H,4-5H2,1H3,(H,14,15)(H2,13,16,17). The highest BCUT2D eigenvalue weighted by atomic mass is 79.9. The van der Waals surface area contributed by atoms with Gasteiger partial charge in [0, 0.05) is 11.0 Å². The first kappa shape index (κ1) is 15.1. The van der Waals surface area contributed by atoms with E-state index < -0.39 is 27.5 Å². The van der Waals surface area contributed by atoms with E-state index in [9.17, 15) is 17.6 Å². The van der Waals surface area contributed by atoms with Crippen LogP contribution in [0.15, 0.2) is 16.6 Å². The molecule has 1 amide bonds. The van der Waals surface area contributed by atoms with E-state index >= 15 is 0 Å². The first-order valence-electron chi connectivity index (χ1n) is 4.95. The zero-order valence-corrected chi connectivity index (χ0v) is 11.9. The van der Waals surface area contributed by atoms with Gasteiger partial charge in [-0.15, -0.1) is 0 Å². The van der Waals surface area contributed by atoms with Crippen LogP contribution in [0.2, 0.25) is 0 Å². The van der Waals surface area contributed by atoms with Gasteiger partial charge in [0.05, 0.1) is 11.3 Å². The number of carbonyl (C=O) groups is 1. The van der Waals surface area contributed by atoms with Gasteiger partial charge in [0.25, 0.3) is 5.91 Å². The normalized spacial score (nSPS) is 11.3. The number of halogens is 2. The number of primary sulfonamides is 1. The second-order valence-electron chi connectivity index (χ2n) is 3.65. The van der Waals surface area contributed by atoms with Crippen LogP contribution in [0.5, 0.6) is 0 Å². The molecule has 0 aliphatic rings. The maximum absolute atomic E-state index is 13.5. The third kappa shape index (κ3) is 4.04. The highest BCUT2D eigenvalue weighted by Crippen LogP contribution is 2.22. The van der Waals surface area contributed by atoms with E-state index in [0.29, 0.717) is 10.0 Å². The summed E-state index contributed by atoms with van der Waals surface area (Å²) in [5.74, 6) is -1.73. The zero-order valence-electron chi connectivity index (χ0n) is 9.54. The van der Waals surface area contributed by atoms with Crippen LogP contribution >= 0.6 is 15.9 Å². The highest BCUT2D eigenvalue weighted by molar-refractivity contribution is 9.10. The molecule has 0 aliphatic carbocycles. The van der Waals surface area contributed by atoms with Crippen LogP contribution < -0.4 is 10.5 Å². The largest absolute Gasteiger partial charge is 0.351 e. The fraction of sp³-hybridized carbons (Fsp3) is 0.300. The lowest BCUT2D eigenvalue weighted by Crippen LogP contribution is -2.32. The fourth-order valence-corrected chi connectivity index (χ4v) is 2.04. The lowest BCUT2D eigenvalue weighted by Gasteiger charge is -2.09. The molecule has 0 unspecified atom stereocenters. The molecule has 0 saturated heterocycles. The van der Waals surface area contributed by atoms with Crippen molar-refractivity contribution in [3.63, 3.8) is 0 Å². The van der Waals surface area contributed by atoms with Crippen molar-refractivity contribution in [1.82, 2.24) is 5.32 Å². The van der Waals surface area contributed by atoms with Crippen molar-refractivity contribution in [2.24, 2.45) is 5.14 Å². The van der Waals surface area contributed by atoms with Gasteiger partial charge in [0.1, 0.15) is 5.82 Å². The Morgan fingerprint density at radius 3 is 2.67 bits per heavy atom. The van der Waals surface area contributed by atoms with Gasteiger partial charge in [-0.2, -0.15) is 0 Å². The number of rotatable bonds is 4. The molecule has 100 valence electrons. The molecule has 1 rings (SSSR count). The van der Waals surface area contributed by atoms with E-state index in [2.05, 4.69) is 21.2 Å². The molecule has 0 radical (unpaired) electrons. The van der Waals surface area contributed by atoms with Crippen molar-refractivity contribution >= 4 is 31.9 Å². The zero-order chi connectivity index (χ0) is 13.9. The van der Waals surface area contributed by atoms with Gasteiger partial charge >= 0.3 is 0 Å². The monoisotopic (exact) mass is 338 g/mol. The highest BCUT2D eigenvalue weighted by Gasteiger charge is 2.16. The van der Waals surface area contributed by atoms with Crippen LogP contribution in [0.4, 0.5) is 4.39 Å². The lowest BCUT2D eigenvalue weighted by atomic mass is 10.1. The van der Waals surface area contributed by atoms with Crippen molar-refractivity contribution < 1.29 is 17.6 Å². The predicted molar refractivity (Wildman–Crippen MR) is 69.1 cm³/mol. The first-order chi connectivity index (χ1) is 8.22. The summed E-state index contributed by atoms with van der Waals surface area (Å²) in [6.45, 7) is 1.42. The van der Waals surface area contributed by atoms with E-state index in [1.807, 2.05) is 0 Å². The average Bonchev–Trinajstić information content (AvgIpc) is 2.22. The summed E-state index contributed by atoms with van der Waals surface area (Å²) in [5.41, 5.74) is 0.335. The minimum Gasteiger partial charge on any atom is -0.351 e. The van der Waals surface area contributed by atoms with Crippen LogP contribution in [-0.4, -0.2) is 26.6 Å². The molecule has 18 heavy (non-hydrogen) atoms. The molecule has 1 aromatic rings. The SMILES string of the molecule is Cc1c(Br)ccc(F)c1C(=O)NCCS(N)(=O)=O. The maximum Gasteiger partial charge on any atom is 0.254 e. The van der Waals surface area contributed by atoms with E-state index in [0.717, 1.165) is 6.07 Å². The molecule has 8 heteroatoms. The summed E-state index contributed by atoms with van der Waals surface area (Å²) in [4.78, 5) is 11.7. The number of hydrogen-bond donors (Lipinski definition) is 2. The molecular weight excluding hydrogens is 327 g/mol. The summed E-state index contributed by atoms with van der Waals surface area (Å²) in [6.07, 6.45) is 0. The Balaban J connectivity index is 2.82. The van der Waals surface area contributed by atoms with E-state index in [1.165, 1.54) is 6.07 Å². The predicted octanol–water partition coefficient (Wildman–Crippen LogP) is 0.915. The third-order valence-corrected chi connectivity index (χ3v) is 3.88. The average molecular weight is 339 g/mol. The van der Waals surface area contributed by atoms with Gasteiger partial charge in [-0.05, 0) is 24.6 Å². The Bertz CT molecular complexity index is 575. The topological polar surface area (TPSA) is 89.3 Å². The first-order valence-corrected chi connectivity index (χ1v) is 7.46. The van der Waals surface area contributed by atoms with Gasteiger partial charge < -0.3 is 5.32 Å². The van der Waals surface area contributed by atoms with Gasteiger partial charge in [-0.25, -0.2) is 17.9 Å². The Morgan fingerprint density at radius 1 is 1.50 bits per heavy atom. The van der Waals surface area contributed by atoms with Crippen molar-refractivity contribution in [3.05, 3.63) is 33.5 Å². The van der Waals surface area contributed by atoms with Crippen molar-refractivity contribution in [2.45, 2.75) is 6.92 Å². The summed E-state index contributed by atoms with van der Waals surface area (Å²) in [5, 5.41) is 7.09. The van der Waals surface area contributed by atoms with Crippen LogP contribution in [0.25, 0.3) is 0 Å². The Labute approximate surface area is 113 Å². The molecule has 0 fully saturated rings. The molecule has 0 heterocycles. The van der Waals surface area contributed by atoms with E-state index in [-0.39, 0.29) is 12.1 Å². The molecular formula is C10H12BrFN2O3S. The summed E-state index contributed by atoms with van der Waals surface area (Å²) in [7, 11) is -3.65. The molecule has 0 saturated carbocycles. The summed E-state index contributed by atoms with van der Waals surface area (Å²) in [6, 6.07) is 2.65. The number of amides is 1. The Morgan fingerprint density at radius 2 is 2.11 bits per heavy atom. The number of hydrogen-bond acceptors (Lipinski definition) is 3. The molecule has 0 atom stereocenters. The van der Waals surface area contributed by atoms with Gasteiger partial charge in [0.15, 0.2) is 0 Å². The minimum absolute atomic E-state index is 0.112. The lowest BCUT2D eigenvalue weighted by molar-refractivity contribution is 0.0951. The van der Waals surface area contributed by atoms with Crippen molar-refractivity contribution in [1.29, 1.82) is 0 Å². The number of nitrogens with one attached hydrogen (secondary N) is 1. The smallest absolute Gasteiger partial charge is 0.254 e. The molecule has 0 bridgehead atoms. The van der Waals surface area contributed by atoms with Gasteiger partial charge in [-0.3, -0.25) is 4.79 Å². The Hall–Kier alpha value is -0.990. The molecule has 5 nitrogen and oxygen atoms in total. The van der Waals surface area contributed by atoms with Crippen LogP contribution in [0.3, 0.4) is 0 Å².